The average molecular weight is 312 g/mol. The Bertz CT molecular complexity index is 493. The Hall–Kier alpha value is -1.11. The van der Waals surface area contributed by atoms with E-state index >= 15 is 0 Å². The van der Waals surface area contributed by atoms with Crippen LogP contribution in [0.25, 0.3) is 0 Å². The SMILES string of the molecule is C[C@H](C(=O)NCc1ccc(F)c(CO)c1)N1CCSCC1. The number of thioether (sulfide) groups is 1. The Kier molecular flexibility index (Phi) is 6.02. The highest BCUT2D eigenvalue weighted by Crippen LogP contribution is 2.13. The number of rotatable bonds is 5. The van der Waals surface area contributed by atoms with Gasteiger partial charge in [0.1, 0.15) is 5.82 Å². The van der Waals surface area contributed by atoms with Gasteiger partial charge >= 0.3 is 0 Å². The van der Waals surface area contributed by atoms with E-state index in [2.05, 4.69) is 10.2 Å². The largest absolute Gasteiger partial charge is 0.392 e. The van der Waals surface area contributed by atoms with E-state index in [1.807, 2.05) is 18.7 Å². The molecule has 1 aliphatic heterocycles. The molecule has 1 aliphatic rings. The molecule has 0 radical (unpaired) electrons. The summed E-state index contributed by atoms with van der Waals surface area (Å²) in [6, 6.07) is 4.37. The second kappa shape index (κ2) is 7.77. The molecule has 0 spiro atoms. The van der Waals surface area contributed by atoms with Crippen molar-refractivity contribution in [1.82, 2.24) is 10.2 Å². The van der Waals surface area contributed by atoms with Crippen molar-refractivity contribution in [2.75, 3.05) is 24.6 Å². The van der Waals surface area contributed by atoms with Crippen molar-refractivity contribution < 1.29 is 14.3 Å². The minimum absolute atomic E-state index is 0.0169. The maximum atomic E-state index is 13.3. The van der Waals surface area contributed by atoms with Crippen LogP contribution in [0.2, 0.25) is 0 Å². The number of aliphatic hydroxyl groups is 1. The van der Waals surface area contributed by atoms with Gasteiger partial charge in [-0.2, -0.15) is 11.8 Å². The van der Waals surface area contributed by atoms with Crippen molar-refractivity contribution in [2.24, 2.45) is 0 Å². The Labute approximate surface area is 128 Å². The Morgan fingerprint density at radius 2 is 2.19 bits per heavy atom. The second-order valence-electron chi connectivity index (χ2n) is 5.13. The van der Waals surface area contributed by atoms with Gasteiger partial charge < -0.3 is 10.4 Å². The number of hydrogen-bond acceptors (Lipinski definition) is 4. The number of benzene rings is 1. The number of hydrogen-bond donors (Lipinski definition) is 2. The van der Waals surface area contributed by atoms with E-state index in [4.69, 9.17) is 5.11 Å². The maximum absolute atomic E-state index is 13.3. The molecule has 0 saturated carbocycles. The van der Waals surface area contributed by atoms with E-state index in [-0.39, 0.29) is 24.1 Å². The summed E-state index contributed by atoms with van der Waals surface area (Å²) in [5, 5.41) is 11.9. The second-order valence-corrected chi connectivity index (χ2v) is 6.35. The summed E-state index contributed by atoms with van der Waals surface area (Å²) in [4.78, 5) is 14.3. The lowest BCUT2D eigenvalue weighted by molar-refractivity contribution is -0.125. The topological polar surface area (TPSA) is 52.6 Å². The molecular formula is C15H21FN2O2S. The molecule has 21 heavy (non-hydrogen) atoms. The number of nitrogens with one attached hydrogen (secondary N) is 1. The number of halogens is 1. The first kappa shape index (κ1) is 16.3. The standard InChI is InChI=1S/C15H21FN2O2S/c1-11(18-4-6-21-7-5-18)15(20)17-9-12-2-3-14(16)13(8-12)10-19/h2-3,8,11,19H,4-7,9-10H2,1H3,(H,17,20)/t11-/m1/s1. The zero-order valence-electron chi connectivity index (χ0n) is 12.1. The Balaban J connectivity index is 1.88. The smallest absolute Gasteiger partial charge is 0.237 e. The van der Waals surface area contributed by atoms with E-state index in [0.717, 1.165) is 30.2 Å². The molecule has 1 heterocycles. The first-order chi connectivity index (χ1) is 10.1. The van der Waals surface area contributed by atoms with Crippen LogP contribution >= 0.6 is 11.8 Å². The van der Waals surface area contributed by atoms with Crippen LogP contribution in [0, 0.1) is 5.82 Å². The van der Waals surface area contributed by atoms with Crippen LogP contribution in [0.5, 0.6) is 0 Å². The van der Waals surface area contributed by atoms with Gasteiger partial charge in [0.2, 0.25) is 5.91 Å². The van der Waals surface area contributed by atoms with Gasteiger partial charge in [-0.15, -0.1) is 0 Å². The first-order valence-electron chi connectivity index (χ1n) is 7.09. The molecule has 1 amide bonds. The highest BCUT2D eigenvalue weighted by Gasteiger charge is 2.22. The lowest BCUT2D eigenvalue weighted by Crippen LogP contribution is -2.48. The molecule has 1 aromatic carbocycles. The van der Waals surface area contributed by atoms with Gasteiger partial charge in [0, 0.05) is 36.7 Å². The molecule has 1 aromatic rings. The van der Waals surface area contributed by atoms with Gasteiger partial charge in [-0.3, -0.25) is 9.69 Å². The van der Waals surface area contributed by atoms with Gasteiger partial charge in [-0.25, -0.2) is 4.39 Å². The highest BCUT2D eigenvalue weighted by molar-refractivity contribution is 7.99. The predicted octanol–water partition coefficient (Wildman–Crippen LogP) is 1.37. The number of nitrogens with zero attached hydrogens (tertiary/aromatic N) is 1. The third kappa shape index (κ3) is 4.43. The summed E-state index contributed by atoms with van der Waals surface area (Å²) in [6.07, 6.45) is 0. The van der Waals surface area contributed by atoms with E-state index in [9.17, 15) is 9.18 Å². The lowest BCUT2D eigenvalue weighted by atomic mass is 10.1. The van der Waals surface area contributed by atoms with Crippen LogP contribution < -0.4 is 5.32 Å². The Morgan fingerprint density at radius 3 is 2.86 bits per heavy atom. The molecule has 0 unspecified atom stereocenters. The van der Waals surface area contributed by atoms with E-state index < -0.39 is 5.82 Å². The number of carbonyl (C=O) groups excluding carboxylic acids is 1. The van der Waals surface area contributed by atoms with Gasteiger partial charge in [-0.1, -0.05) is 6.07 Å². The third-order valence-electron chi connectivity index (χ3n) is 3.72. The number of amides is 1. The minimum Gasteiger partial charge on any atom is -0.392 e. The zero-order chi connectivity index (χ0) is 15.2. The average Bonchev–Trinajstić information content (AvgIpc) is 2.53. The summed E-state index contributed by atoms with van der Waals surface area (Å²) in [6.45, 7) is 3.79. The van der Waals surface area contributed by atoms with Crippen LogP contribution in [-0.2, 0) is 17.9 Å². The summed E-state index contributed by atoms with van der Waals surface area (Å²) in [5.41, 5.74) is 1.04. The van der Waals surface area contributed by atoms with E-state index in [0.29, 0.717) is 6.54 Å². The molecule has 0 bridgehead atoms. The normalized spacial score (nSPS) is 17.5. The van der Waals surface area contributed by atoms with Gasteiger partial charge in [0.15, 0.2) is 0 Å². The van der Waals surface area contributed by atoms with Crippen molar-refractivity contribution in [1.29, 1.82) is 0 Å². The summed E-state index contributed by atoms with van der Waals surface area (Å²) < 4.78 is 13.3. The van der Waals surface area contributed by atoms with Crippen molar-refractivity contribution in [3.05, 3.63) is 35.1 Å². The lowest BCUT2D eigenvalue weighted by Gasteiger charge is -2.31. The van der Waals surface area contributed by atoms with Crippen molar-refractivity contribution in [3.8, 4) is 0 Å². The van der Waals surface area contributed by atoms with Gasteiger partial charge in [0.05, 0.1) is 12.6 Å². The van der Waals surface area contributed by atoms with Crippen LogP contribution in [0.3, 0.4) is 0 Å². The zero-order valence-corrected chi connectivity index (χ0v) is 13.0. The minimum atomic E-state index is -0.424. The van der Waals surface area contributed by atoms with Gasteiger partial charge in [0.25, 0.3) is 0 Å². The van der Waals surface area contributed by atoms with E-state index in [1.165, 1.54) is 6.07 Å². The monoisotopic (exact) mass is 312 g/mol. The molecule has 6 heteroatoms. The molecule has 1 saturated heterocycles. The molecular weight excluding hydrogens is 291 g/mol. The molecule has 4 nitrogen and oxygen atoms in total. The van der Waals surface area contributed by atoms with Crippen molar-refractivity contribution in [3.63, 3.8) is 0 Å². The maximum Gasteiger partial charge on any atom is 0.237 e. The third-order valence-corrected chi connectivity index (χ3v) is 4.66. The fourth-order valence-corrected chi connectivity index (χ4v) is 3.26. The molecule has 1 fully saturated rings. The molecule has 1 atom stereocenters. The summed E-state index contributed by atoms with van der Waals surface area (Å²) >= 11 is 1.91. The number of aliphatic hydroxyl groups excluding tert-OH is 1. The fraction of sp³-hybridized carbons (Fsp3) is 0.533. The molecule has 2 rings (SSSR count). The summed E-state index contributed by atoms with van der Waals surface area (Å²) in [5.74, 6) is 1.69. The molecule has 2 N–H and O–H groups in total. The van der Waals surface area contributed by atoms with Gasteiger partial charge in [-0.05, 0) is 24.6 Å². The number of carbonyl (C=O) groups is 1. The highest BCUT2D eigenvalue weighted by atomic mass is 32.2. The molecule has 116 valence electrons. The van der Waals surface area contributed by atoms with Crippen LogP contribution in [-0.4, -0.2) is 46.6 Å². The molecule has 0 aliphatic carbocycles. The summed E-state index contributed by atoms with van der Waals surface area (Å²) in [7, 11) is 0. The Morgan fingerprint density at radius 1 is 1.48 bits per heavy atom. The quantitative estimate of drug-likeness (QED) is 0.862. The van der Waals surface area contributed by atoms with Crippen LogP contribution in [0.1, 0.15) is 18.1 Å². The van der Waals surface area contributed by atoms with Crippen molar-refractivity contribution in [2.45, 2.75) is 26.1 Å². The van der Waals surface area contributed by atoms with E-state index in [1.54, 1.807) is 12.1 Å². The van der Waals surface area contributed by atoms with Crippen LogP contribution in [0.15, 0.2) is 18.2 Å². The molecule has 0 aromatic heterocycles. The first-order valence-corrected chi connectivity index (χ1v) is 8.25. The van der Waals surface area contributed by atoms with Crippen LogP contribution in [0.4, 0.5) is 4.39 Å². The predicted molar refractivity (Wildman–Crippen MR) is 82.5 cm³/mol. The fourth-order valence-electron chi connectivity index (χ4n) is 2.33. The van der Waals surface area contributed by atoms with Crippen molar-refractivity contribution >= 4 is 17.7 Å².